The van der Waals surface area contributed by atoms with Gasteiger partial charge in [-0.1, -0.05) is 0 Å². The second-order valence-electron chi connectivity index (χ2n) is 5.95. The molecule has 0 spiro atoms. The van der Waals surface area contributed by atoms with Gasteiger partial charge in [0.05, 0.1) is 33.2 Å². The summed E-state index contributed by atoms with van der Waals surface area (Å²) in [5.74, 6) is 0.0410. The predicted molar refractivity (Wildman–Crippen MR) is 93.6 cm³/mol. The van der Waals surface area contributed by atoms with Crippen LogP contribution in [0.1, 0.15) is 12.0 Å². The fraction of sp³-hybridized carbons (Fsp3) is 0.471. The third-order valence-electron chi connectivity index (χ3n) is 4.08. The maximum absolute atomic E-state index is 12.2. The van der Waals surface area contributed by atoms with Crippen LogP contribution in [0.15, 0.2) is 18.2 Å². The molecule has 0 bridgehead atoms. The van der Waals surface area contributed by atoms with Crippen LogP contribution in [0.2, 0.25) is 0 Å². The Kier molecular flexibility index (Phi) is 6.79. The van der Waals surface area contributed by atoms with Gasteiger partial charge in [-0.15, -0.1) is 0 Å². The van der Waals surface area contributed by atoms with Crippen LogP contribution in [-0.2, 0) is 20.9 Å². The minimum absolute atomic E-state index is 0.0553. The Hall–Kier alpha value is -2.81. The van der Waals surface area contributed by atoms with Gasteiger partial charge in [-0.25, -0.2) is 0 Å². The maximum atomic E-state index is 12.2. The highest BCUT2D eigenvalue weighted by atomic mass is 16.5. The number of benzene rings is 1. The lowest BCUT2D eigenvalue weighted by Crippen LogP contribution is -2.56. The van der Waals surface area contributed by atoms with Crippen LogP contribution in [0, 0.1) is 0 Å². The standard InChI is InChI=1S/C17H24N4O5/c1-25-12-5-11(6-13(7-12)26-2)10-21-4-3-19-17(24)14(21)8-16(23)20-9-15(18)22/h5-7,14H,3-4,8-10H2,1-2H3,(H2,18,22)(H,19,24)(H,20,23)/t14-/m0/s1. The summed E-state index contributed by atoms with van der Waals surface area (Å²) in [4.78, 5) is 36.9. The zero-order valence-corrected chi connectivity index (χ0v) is 14.9. The number of primary amides is 1. The molecule has 0 radical (unpaired) electrons. The maximum Gasteiger partial charge on any atom is 0.237 e. The van der Waals surface area contributed by atoms with Crippen LogP contribution in [-0.4, -0.2) is 62.5 Å². The van der Waals surface area contributed by atoms with E-state index in [-0.39, 0.29) is 18.9 Å². The highest BCUT2D eigenvalue weighted by Gasteiger charge is 2.31. The lowest BCUT2D eigenvalue weighted by molar-refractivity contribution is -0.134. The molecule has 1 atom stereocenters. The Bertz CT molecular complexity index is 657. The third-order valence-corrected chi connectivity index (χ3v) is 4.08. The third kappa shape index (κ3) is 5.35. The summed E-state index contributed by atoms with van der Waals surface area (Å²) >= 11 is 0. The average molecular weight is 364 g/mol. The fourth-order valence-corrected chi connectivity index (χ4v) is 2.80. The highest BCUT2D eigenvalue weighted by molar-refractivity contribution is 5.90. The SMILES string of the molecule is COc1cc(CN2CCNC(=O)[C@@H]2CC(=O)NCC(N)=O)cc(OC)c1. The van der Waals surface area contributed by atoms with Gasteiger partial charge in [-0.05, 0) is 17.7 Å². The highest BCUT2D eigenvalue weighted by Crippen LogP contribution is 2.24. The van der Waals surface area contributed by atoms with Crippen LogP contribution in [0.25, 0.3) is 0 Å². The van der Waals surface area contributed by atoms with Crippen LogP contribution in [0.5, 0.6) is 11.5 Å². The lowest BCUT2D eigenvalue weighted by Gasteiger charge is -2.34. The van der Waals surface area contributed by atoms with E-state index in [1.807, 2.05) is 17.0 Å². The molecule has 0 unspecified atom stereocenters. The van der Waals surface area contributed by atoms with Gasteiger partial charge in [-0.2, -0.15) is 0 Å². The molecule has 9 heteroatoms. The molecular weight excluding hydrogens is 340 g/mol. The van der Waals surface area contributed by atoms with Crippen molar-refractivity contribution in [1.82, 2.24) is 15.5 Å². The molecule has 1 aromatic carbocycles. The molecule has 1 aliphatic heterocycles. The van der Waals surface area contributed by atoms with Crippen LogP contribution in [0.4, 0.5) is 0 Å². The van der Waals surface area contributed by atoms with E-state index in [4.69, 9.17) is 15.2 Å². The molecule has 1 aliphatic rings. The first kappa shape index (κ1) is 19.5. The summed E-state index contributed by atoms with van der Waals surface area (Å²) in [7, 11) is 3.14. The van der Waals surface area contributed by atoms with Gasteiger partial charge in [0, 0.05) is 25.7 Å². The number of methoxy groups -OCH3 is 2. The number of nitrogens with zero attached hydrogens (tertiary/aromatic N) is 1. The summed E-state index contributed by atoms with van der Waals surface area (Å²) < 4.78 is 10.5. The molecule has 1 fully saturated rings. The summed E-state index contributed by atoms with van der Waals surface area (Å²) in [6, 6.07) is 4.86. The average Bonchev–Trinajstić information content (AvgIpc) is 2.62. The first-order chi connectivity index (χ1) is 12.4. The van der Waals surface area contributed by atoms with Gasteiger partial charge in [-0.3, -0.25) is 19.3 Å². The Morgan fingerprint density at radius 3 is 2.50 bits per heavy atom. The van der Waals surface area contributed by atoms with E-state index in [1.165, 1.54) is 0 Å². The number of rotatable bonds is 8. The molecule has 142 valence electrons. The molecule has 9 nitrogen and oxygen atoms in total. The van der Waals surface area contributed by atoms with Crippen LogP contribution < -0.4 is 25.8 Å². The summed E-state index contributed by atoms with van der Waals surface area (Å²) in [6.07, 6.45) is -0.0553. The number of amides is 3. The molecule has 26 heavy (non-hydrogen) atoms. The number of carbonyl (C=O) groups excluding carboxylic acids is 3. The molecule has 2 rings (SSSR count). The number of nitrogens with one attached hydrogen (secondary N) is 2. The van der Waals surface area contributed by atoms with Gasteiger partial charge < -0.3 is 25.8 Å². The van der Waals surface area contributed by atoms with Crippen molar-refractivity contribution in [1.29, 1.82) is 0 Å². The van der Waals surface area contributed by atoms with Crippen molar-refractivity contribution < 1.29 is 23.9 Å². The smallest absolute Gasteiger partial charge is 0.237 e. The molecule has 1 aromatic rings. The molecule has 0 saturated carbocycles. The first-order valence-corrected chi connectivity index (χ1v) is 8.21. The van der Waals surface area contributed by atoms with Gasteiger partial charge in [0.2, 0.25) is 17.7 Å². The van der Waals surface area contributed by atoms with E-state index >= 15 is 0 Å². The molecule has 0 aliphatic carbocycles. The Balaban J connectivity index is 2.11. The summed E-state index contributed by atoms with van der Waals surface area (Å²) in [6.45, 7) is 1.30. The second kappa shape index (κ2) is 9.04. The Morgan fingerprint density at radius 1 is 1.27 bits per heavy atom. The van der Waals surface area contributed by atoms with Crippen LogP contribution in [0.3, 0.4) is 0 Å². The first-order valence-electron chi connectivity index (χ1n) is 8.21. The minimum atomic E-state index is -0.633. The van der Waals surface area contributed by atoms with Crippen molar-refractivity contribution >= 4 is 17.7 Å². The van der Waals surface area contributed by atoms with Crippen molar-refractivity contribution in [3.63, 3.8) is 0 Å². The zero-order chi connectivity index (χ0) is 19.1. The summed E-state index contributed by atoms with van der Waals surface area (Å²) in [5, 5.41) is 5.17. The fourth-order valence-electron chi connectivity index (χ4n) is 2.80. The van der Waals surface area contributed by atoms with E-state index in [0.717, 1.165) is 5.56 Å². The van der Waals surface area contributed by atoms with E-state index in [1.54, 1.807) is 20.3 Å². The molecule has 0 aromatic heterocycles. The normalized spacial score (nSPS) is 17.3. The van der Waals surface area contributed by atoms with Crippen molar-refractivity contribution in [2.24, 2.45) is 5.73 Å². The number of nitrogens with two attached hydrogens (primary N) is 1. The summed E-state index contributed by atoms with van der Waals surface area (Å²) in [5.41, 5.74) is 5.92. The van der Waals surface area contributed by atoms with E-state index < -0.39 is 17.9 Å². The molecular formula is C17H24N4O5. The molecule has 4 N–H and O–H groups in total. The van der Waals surface area contributed by atoms with Crippen LogP contribution >= 0.6 is 0 Å². The van der Waals surface area contributed by atoms with Gasteiger partial charge in [0.15, 0.2) is 0 Å². The lowest BCUT2D eigenvalue weighted by atomic mass is 10.1. The van der Waals surface area contributed by atoms with Gasteiger partial charge in [0.1, 0.15) is 11.5 Å². The van der Waals surface area contributed by atoms with E-state index in [9.17, 15) is 14.4 Å². The Morgan fingerprint density at radius 2 is 1.92 bits per heavy atom. The second-order valence-corrected chi connectivity index (χ2v) is 5.95. The van der Waals surface area contributed by atoms with Crippen molar-refractivity contribution in [3.8, 4) is 11.5 Å². The van der Waals surface area contributed by atoms with Crippen molar-refractivity contribution in [3.05, 3.63) is 23.8 Å². The monoisotopic (exact) mass is 364 g/mol. The number of piperazine rings is 1. The Labute approximate surface area is 151 Å². The molecule has 3 amide bonds. The van der Waals surface area contributed by atoms with E-state index in [0.29, 0.717) is 31.1 Å². The topological polar surface area (TPSA) is 123 Å². The largest absolute Gasteiger partial charge is 0.497 e. The quantitative estimate of drug-likeness (QED) is 0.543. The number of hydrogen-bond donors (Lipinski definition) is 3. The minimum Gasteiger partial charge on any atom is -0.497 e. The predicted octanol–water partition coefficient (Wildman–Crippen LogP) is -1.00. The van der Waals surface area contributed by atoms with Gasteiger partial charge in [0.25, 0.3) is 0 Å². The van der Waals surface area contributed by atoms with Gasteiger partial charge >= 0.3 is 0 Å². The number of hydrogen-bond acceptors (Lipinski definition) is 6. The number of carbonyl (C=O) groups is 3. The molecule has 1 saturated heterocycles. The zero-order valence-electron chi connectivity index (χ0n) is 14.9. The molecule has 1 heterocycles. The van der Waals surface area contributed by atoms with Crippen molar-refractivity contribution in [2.45, 2.75) is 19.0 Å². The number of ether oxygens (including phenoxy) is 2. The van der Waals surface area contributed by atoms with E-state index in [2.05, 4.69) is 10.6 Å². The van der Waals surface area contributed by atoms with Crippen molar-refractivity contribution in [2.75, 3.05) is 33.9 Å².